The Kier molecular flexibility index (Phi) is 10.1. The highest BCUT2D eigenvalue weighted by molar-refractivity contribution is 6.08. The van der Waals surface area contributed by atoms with Crippen molar-refractivity contribution in [1.29, 1.82) is 0 Å². The normalized spacial score (nSPS) is 11.7. The van der Waals surface area contributed by atoms with Crippen LogP contribution >= 0.6 is 0 Å². The summed E-state index contributed by atoms with van der Waals surface area (Å²) in [5.41, 5.74) is 20.5. The Bertz CT molecular complexity index is 4570. The molecule has 0 bridgehead atoms. The Morgan fingerprint density at radius 1 is 0.237 bits per heavy atom. The zero-order chi connectivity index (χ0) is 50.1. The average molecular weight is 971 g/mol. The fraction of sp³-hybridized carbons (Fsp3) is 0. The largest absolute Gasteiger partial charge is 0.456 e. The minimum Gasteiger partial charge on any atom is -0.456 e. The molecule has 0 aliphatic heterocycles. The lowest BCUT2D eigenvalue weighted by Gasteiger charge is -2.14. The van der Waals surface area contributed by atoms with Gasteiger partial charge < -0.3 is 8.83 Å². The number of rotatable bonds is 8. The molecule has 0 fully saturated rings. The van der Waals surface area contributed by atoms with E-state index in [0.717, 1.165) is 150 Å². The van der Waals surface area contributed by atoms with Crippen molar-refractivity contribution in [2.45, 2.75) is 0 Å². The fourth-order valence-corrected chi connectivity index (χ4v) is 10.8. The minimum atomic E-state index is 0.644. The van der Waals surface area contributed by atoms with E-state index in [1.165, 1.54) is 0 Å². The number of fused-ring (bicyclic) bond motifs is 9. The van der Waals surface area contributed by atoms with Crippen LogP contribution in [-0.2, 0) is 0 Å². The number of furan rings is 2. The first-order chi connectivity index (χ1) is 37.6. The van der Waals surface area contributed by atoms with Crippen LogP contribution in [-0.4, -0.2) is 19.9 Å². The predicted molar refractivity (Wildman–Crippen MR) is 311 cm³/mol. The molecule has 15 aromatic rings. The highest BCUT2D eigenvalue weighted by Gasteiger charge is 2.17. The standard InChI is InChI=1S/C70H42N4O2/c1-2-10-49(11-3-1)70-73-62(53-13-8-12-52(36-53)61-32-29-48-28-27-47-14-9-35-71-68(47)69(48)72-61)42-63(74-70)56-38-54(45-23-19-43(20-24-45)50-30-33-66-59(40-50)57-15-4-6-17-64(57)75-66)37-55(39-56)46-25-21-44(22-26-46)51-31-34-67-60(41-51)58-16-5-7-18-65(58)76-67/h1-42H. The van der Waals surface area contributed by atoms with Crippen LogP contribution < -0.4 is 0 Å². The molecule has 76 heavy (non-hydrogen) atoms. The summed E-state index contributed by atoms with van der Waals surface area (Å²) in [6, 6.07) is 87.2. The van der Waals surface area contributed by atoms with Gasteiger partial charge in [-0.2, -0.15) is 0 Å². The zero-order valence-corrected chi connectivity index (χ0v) is 40.9. The van der Waals surface area contributed by atoms with Crippen molar-refractivity contribution in [1.82, 2.24) is 19.9 Å². The van der Waals surface area contributed by atoms with Gasteiger partial charge in [-0.15, -0.1) is 0 Å². The summed E-state index contributed by atoms with van der Waals surface area (Å²) in [6.07, 6.45) is 1.83. The smallest absolute Gasteiger partial charge is 0.160 e. The molecule has 0 N–H and O–H groups in total. The number of benzene rings is 10. The van der Waals surface area contributed by atoms with Crippen molar-refractivity contribution in [3.05, 3.63) is 255 Å². The highest BCUT2D eigenvalue weighted by Crippen LogP contribution is 2.39. The van der Waals surface area contributed by atoms with E-state index in [0.29, 0.717) is 5.82 Å². The second kappa shape index (κ2) is 17.7. The molecule has 0 saturated heterocycles. The maximum atomic E-state index is 6.17. The summed E-state index contributed by atoms with van der Waals surface area (Å²) >= 11 is 0. The minimum absolute atomic E-state index is 0.644. The van der Waals surface area contributed by atoms with E-state index in [1.807, 2.05) is 54.7 Å². The molecule has 0 aliphatic carbocycles. The van der Waals surface area contributed by atoms with Crippen molar-refractivity contribution >= 4 is 65.7 Å². The van der Waals surface area contributed by atoms with E-state index in [-0.39, 0.29) is 0 Å². The van der Waals surface area contributed by atoms with Crippen molar-refractivity contribution < 1.29 is 8.83 Å². The Labute approximate surface area is 436 Å². The Hall–Kier alpha value is -10.3. The van der Waals surface area contributed by atoms with Gasteiger partial charge >= 0.3 is 0 Å². The van der Waals surface area contributed by atoms with Gasteiger partial charge in [0.25, 0.3) is 0 Å². The summed E-state index contributed by atoms with van der Waals surface area (Å²) in [4.78, 5) is 20.5. The second-order valence-corrected chi connectivity index (χ2v) is 19.4. The van der Waals surface area contributed by atoms with E-state index in [1.54, 1.807) is 0 Å². The summed E-state index contributed by atoms with van der Waals surface area (Å²) < 4.78 is 12.3. The molecule has 6 heteroatoms. The molecule has 0 amide bonds. The van der Waals surface area contributed by atoms with Crippen LogP contribution in [0.5, 0.6) is 0 Å². The van der Waals surface area contributed by atoms with Crippen LogP contribution in [0, 0.1) is 0 Å². The molecule has 10 aromatic carbocycles. The van der Waals surface area contributed by atoms with Crippen LogP contribution in [0.4, 0.5) is 0 Å². The fourth-order valence-electron chi connectivity index (χ4n) is 10.8. The zero-order valence-electron chi connectivity index (χ0n) is 40.9. The van der Waals surface area contributed by atoms with Crippen molar-refractivity contribution in [2.24, 2.45) is 0 Å². The first-order valence-electron chi connectivity index (χ1n) is 25.5. The Balaban J connectivity index is 0.853. The summed E-state index contributed by atoms with van der Waals surface area (Å²) in [7, 11) is 0. The van der Waals surface area contributed by atoms with Gasteiger partial charge in [-0.25, -0.2) is 15.0 Å². The first kappa shape index (κ1) is 43.3. The van der Waals surface area contributed by atoms with Gasteiger partial charge in [0.2, 0.25) is 0 Å². The molecular weight excluding hydrogens is 929 g/mol. The molecule has 15 rings (SSSR count). The molecule has 5 aromatic heterocycles. The van der Waals surface area contributed by atoms with Crippen LogP contribution in [0.15, 0.2) is 264 Å². The quantitative estimate of drug-likeness (QED) is 0.141. The van der Waals surface area contributed by atoms with Gasteiger partial charge in [-0.3, -0.25) is 4.98 Å². The molecule has 5 heterocycles. The molecule has 6 nitrogen and oxygen atoms in total. The number of hydrogen-bond donors (Lipinski definition) is 0. The third-order valence-corrected chi connectivity index (χ3v) is 14.7. The molecule has 0 atom stereocenters. The number of pyridine rings is 2. The third kappa shape index (κ3) is 7.67. The third-order valence-electron chi connectivity index (χ3n) is 14.7. The van der Waals surface area contributed by atoms with Gasteiger partial charge in [-0.05, 0) is 123 Å². The summed E-state index contributed by atoms with van der Waals surface area (Å²) in [5.74, 6) is 0.644. The Morgan fingerprint density at radius 3 is 1.32 bits per heavy atom. The lowest BCUT2D eigenvalue weighted by atomic mass is 9.92. The maximum Gasteiger partial charge on any atom is 0.160 e. The summed E-state index contributed by atoms with van der Waals surface area (Å²) in [6.45, 7) is 0. The molecular formula is C70H42N4O2. The van der Waals surface area contributed by atoms with E-state index in [4.69, 9.17) is 28.8 Å². The Morgan fingerprint density at radius 2 is 0.697 bits per heavy atom. The molecule has 0 spiro atoms. The molecule has 0 radical (unpaired) electrons. The number of hydrogen-bond acceptors (Lipinski definition) is 6. The van der Waals surface area contributed by atoms with Gasteiger partial charge in [0.1, 0.15) is 22.3 Å². The molecule has 354 valence electrons. The number of para-hydroxylation sites is 2. The van der Waals surface area contributed by atoms with Crippen LogP contribution in [0.1, 0.15) is 0 Å². The lowest BCUT2D eigenvalue weighted by molar-refractivity contribution is 0.668. The van der Waals surface area contributed by atoms with E-state index >= 15 is 0 Å². The van der Waals surface area contributed by atoms with Crippen LogP contribution in [0.3, 0.4) is 0 Å². The number of aromatic nitrogens is 4. The predicted octanol–water partition coefficient (Wildman–Crippen LogP) is 18.7. The van der Waals surface area contributed by atoms with Crippen LogP contribution in [0.25, 0.3) is 155 Å². The van der Waals surface area contributed by atoms with Crippen molar-refractivity contribution in [3.63, 3.8) is 0 Å². The molecule has 0 aliphatic rings. The van der Waals surface area contributed by atoms with E-state index in [9.17, 15) is 0 Å². The second-order valence-electron chi connectivity index (χ2n) is 19.4. The van der Waals surface area contributed by atoms with E-state index in [2.05, 4.69) is 200 Å². The van der Waals surface area contributed by atoms with Crippen molar-refractivity contribution in [2.75, 3.05) is 0 Å². The van der Waals surface area contributed by atoms with Gasteiger partial charge in [0, 0.05) is 60.8 Å². The van der Waals surface area contributed by atoms with Gasteiger partial charge in [0.15, 0.2) is 5.82 Å². The van der Waals surface area contributed by atoms with Crippen molar-refractivity contribution in [3.8, 4) is 89.7 Å². The summed E-state index contributed by atoms with van der Waals surface area (Å²) in [5, 5.41) is 6.56. The monoisotopic (exact) mass is 970 g/mol. The van der Waals surface area contributed by atoms with Gasteiger partial charge in [0.05, 0.1) is 28.1 Å². The SMILES string of the molecule is c1ccc(-c2nc(-c3cc(-c4ccc(-c5ccc6oc7ccccc7c6c5)cc4)cc(-c4ccc(-c5ccc6oc7ccccc7c6c5)cc4)c3)cc(-c3cccc(-c4ccc5ccc6cccnc6c5n4)c3)n2)cc1. The highest BCUT2D eigenvalue weighted by atomic mass is 16.3. The van der Waals surface area contributed by atoms with E-state index < -0.39 is 0 Å². The molecule has 0 unspecified atom stereocenters. The van der Waals surface area contributed by atoms with Gasteiger partial charge in [-0.1, -0.05) is 170 Å². The average Bonchev–Trinajstić information content (AvgIpc) is 4.09. The maximum absolute atomic E-state index is 6.17. The topological polar surface area (TPSA) is 77.8 Å². The van der Waals surface area contributed by atoms with Crippen LogP contribution in [0.2, 0.25) is 0 Å². The number of nitrogens with zero attached hydrogens (tertiary/aromatic N) is 4. The first-order valence-corrected chi connectivity index (χ1v) is 25.5. The lowest BCUT2D eigenvalue weighted by Crippen LogP contribution is -1.97. The molecule has 0 saturated carbocycles.